The zero-order valence-corrected chi connectivity index (χ0v) is 9.85. The normalized spacial score (nSPS) is 16.5. The quantitative estimate of drug-likeness (QED) is 0.817. The predicted molar refractivity (Wildman–Crippen MR) is 63.9 cm³/mol. The highest BCUT2D eigenvalue weighted by atomic mass is 16.5. The van der Waals surface area contributed by atoms with Crippen molar-refractivity contribution in [1.29, 1.82) is 0 Å². The topological polar surface area (TPSA) is 72.5 Å². The van der Waals surface area contributed by atoms with Gasteiger partial charge in [-0.3, -0.25) is 4.79 Å². The van der Waals surface area contributed by atoms with Crippen LogP contribution in [0.2, 0.25) is 0 Å². The van der Waals surface area contributed by atoms with Crippen molar-refractivity contribution in [2.75, 3.05) is 7.11 Å². The summed E-state index contributed by atoms with van der Waals surface area (Å²) in [4.78, 5) is 11.5. The molecule has 1 aromatic rings. The maximum atomic E-state index is 11.5. The molecule has 1 saturated carbocycles. The second-order valence-corrected chi connectivity index (χ2v) is 4.57. The Balaban J connectivity index is 2.24. The first-order valence-corrected chi connectivity index (χ1v) is 5.78. The Morgan fingerprint density at radius 2 is 2.29 bits per heavy atom. The zero-order chi connectivity index (χ0) is 12.4. The second kappa shape index (κ2) is 4.65. The number of ether oxygens (including phenoxy) is 1. The van der Waals surface area contributed by atoms with Crippen LogP contribution in [0, 0.1) is 5.92 Å². The van der Waals surface area contributed by atoms with E-state index in [4.69, 9.17) is 10.5 Å². The molecule has 0 aromatic heterocycles. The summed E-state index contributed by atoms with van der Waals surface area (Å²) >= 11 is 0. The highest BCUT2D eigenvalue weighted by Gasteiger charge is 2.29. The molecule has 0 radical (unpaired) electrons. The second-order valence-electron chi connectivity index (χ2n) is 4.57. The van der Waals surface area contributed by atoms with Crippen molar-refractivity contribution in [3.63, 3.8) is 0 Å². The van der Waals surface area contributed by atoms with E-state index in [1.807, 2.05) is 0 Å². The molecule has 0 spiro atoms. The van der Waals surface area contributed by atoms with E-state index in [1.54, 1.807) is 12.1 Å². The number of phenolic OH excluding ortho intramolecular Hbond substituents is 1. The highest BCUT2D eigenvalue weighted by molar-refractivity contribution is 5.82. The summed E-state index contributed by atoms with van der Waals surface area (Å²) in [6.07, 6.45) is 3.15. The van der Waals surface area contributed by atoms with Crippen molar-refractivity contribution in [2.24, 2.45) is 11.7 Å². The van der Waals surface area contributed by atoms with Crippen LogP contribution in [0.25, 0.3) is 0 Å². The fraction of sp³-hybridized carbons (Fsp3) is 0.462. The van der Waals surface area contributed by atoms with E-state index in [0.717, 1.165) is 12.0 Å². The van der Waals surface area contributed by atoms with Crippen molar-refractivity contribution in [1.82, 2.24) is 0 Å². The lowest BCUT2D eigenvalue weighted by atomic mass is 9.92. The molecule has 4 heteroatoms. The van der Waals surface area contributed by atoms with Crippen molar-refractivity contribution in [2.45, 2.75) is 25.2 Å². The summed E-state index contributed by atoms with van der Waals surface area (Å²) in [6, 6.07) is 4.96. The molecule has 3 N–H and O–H groups in total. The number of methoxy groups -OCH3 is 1. The molecule has 1 amide bonds. The Hall–Kier alpha value is -1.71. The molecule has 0 aliphatic heterocycles. The van der Waals surface area contributed by atoms with Gasteiger partial charge < -0.3 is 15.6 Å². The Morgan fingerprint density at radius 3 is 2.82 bits per heavy atom. The number of hydrogen-bond donors (Lipinski definition) is 2. The van der Waals surface area contributed by atoms with Crippen LogP contribution in [-0.4, -0.2) is 18.1 Å². The maximum absolute atomic E-state index is 11.5. The summed E-state index contributed by atoms with van der Waals surface area (Å²) < 4.78 is 5.03. The first-order valence-electron chi connectivity index (χ1n) is 5.78. The Bertz CT molecular complexity index is 427. The molecular weight excluding hydrogens is 218 g/mol. The average Bonchev–Trinajstić information content (AvgIpc) is 3.10. The van der Waals surface area contributed by atoms with Crippen molar-refractivity contribution in [3.8, 4) is 11.5 Å². The van der Waals surface area contributed by atoms with Crippen molar-refractivity contribution in [3.05, 3.63) is 23.8 Å². The first-order chi connectivity index (χ1) is 8.11. The molecule has 17 heavy (non-hydrogen) atoms. The Kier molecular flexibility index (Phi) is 3.22. The minimum Gasteiger partial charge on any atom is -0.504 e. The van der Waals surface area contributed by atoms with Crippen LogP contribution < -0.4 is 10.5 Å². The van der Waals surface area contributed by atoms with Crippen LogP contribution in [0.1, 0.15) is 30.7 Å². The van der Waals surface area contributed by atoms with Gasteiger partial charge in [0.25, 0.3) is 0 Å². The SMILES string of the molecule is COc1cc(C(CC2CC2)C(N)=O)ccc1O. The van der Waals surface area contributed by atoms with Gasteiger partial charge in [0.15, 0.2) is 11.5 Å². The van der Waals surface area contributed by atoms with Gasteiger partial charge in [0.05, 0.1) is 13.0 Å². The lowest BCUT2D eigenvalue weighted by Gasteiger charge is -2.14. The van der Waals surface area contributed by atoms with Gasteiger partial charge in [0, 0.05) is 0 Å². The molecule has 1 aliphatic carbocycles. The van der Waals surface area contributed by atoms with E-state index in [0.29, 0.717) is 11.7 Å². The van der Waals surface area contributed by atoms with Crippen molar-refractivity contribution < 1.29 is 14.6 Å². The molecule has 1 unspecified atom stereocenters. The van der Waals surface area contributed by atoms with Crippen LogP contribution in [0.3, 0.4) is 0 Å². The summed E-state index contributed by atoms with van der Waals surface area (Å²) in [7, 11) is 1.49. The third-order valence-electron chi connectivity index (χ3n) is 3.22. The van der Waals surface area contributed by atoms with Crippen LogP contribution in [0.15, 0.2) is 18.2 Å². The molecule has 1 fully saturated rings. The number of rotatable bonds is 5. The number of aromatic hydroxyl groups is 1. The third-order valence-corrected chi connectivity index (χ3v) is 3.22. The van der Waals surface area contributed by atoms with Gasteiger partial charge in [-0.25, -0.2) is 0 Å². The summed E-state index contributed by atoms with van der Waals surface area (Å²) in [5.41, 5.74) is 6.25. The smallest absolute Gasteiger partial charge is 0.224 e. The van der Waals surface area contributed by atoms with Crippen LogP contribution in [0.4, 0.5) is 0 Å². The van der Waals surface area contributed by atoms with Gasteiger partial charge in [-0.15, -0.1) is 0 Å². The van der Waals surface area contributed by atoms with E-state index in [9.17, 15) is 9.90 Å². The average molecular weight is 235 g/mol. The lowest BCUT2D eigenvalue weighted by molar-refractivity contribution is -0.119. The summed E-state index contributed by atoms with van der Waals surface area (Å²) in [6.45, 7) is 0. The molecule has 4 nitrogen and oxygen atoms in total. The number of amides is 1. The molecule has 0 bridgehead atoms. The fourth-order valence-electron chi connectivity index (χ4n) is 2.01. The molecular formula is C13H17NO3. The van der Waals surface area contributed by atoms with Crippen LogP contribution in [-0.2, 0) is 4.79 Å². The predicted octanol–water partition coefficient (Wildman–Crippen LogP) is 1.77. The molecule has 2 rings (SSSR count). The molecule has 1 aromatic carbocycles. The van der Waals surface area contributed by atoms with Gasteiger partial charge in [-0.2, -0.15) is 0 Å². The van der Waals surface area contributed by atoms with E-state index >= 15 is 0 Å². The number of benzene rings is 1. The zero-order valence-electron chi connectivity index (χ0n) is 9.85. The lowest BCUT2D eigenvalue weighted by Crippen LogP contribution is -2.22. The van der Waals surface area contributed by atoms with Gasteiger partial charge in [-0.1, -0.05) is 18.9 Å². The fourth-order valence-corrected chi connectivity index (χ4v) is 2.01. The minimum absolute atomic E-state index is 0.0749. The summed E-state index contributed by atoms with van der Waals surface area (Å²) in [5, 5.41) is 9.51. The number of nitrogens with two attached hydrogens (primary N) is 1. The first kappa shape index (κ1) is 11.8. The van der Waals surface area contributed by atoms with Crippen molar-refractivity contribution >= 4 is 5.91 Å². The molecule has 92 valence electrons. The number of carbonyl (C=O) groups excluding carboxylic acids is 1. The van der Waals surface area contributed by atoms with Gasteiger partial charge in [0.2, 0.25) is 5.91 Å². The van der Waals surface area contributed by atoms with E-state index in [-0.39, 0.29) is 17.6 Å². The summed E-state index contributed by atoms with van der Waals surface area (Å²) in [5.74, 6) is 0.476. The number of phenols is 1. The standard InChI is InChI=1S/C13H17NO3/c1-17-12-7-9(4-5-11(12)15)10(13(14)16)6-8-2-3-8/h4-5,7-8,10,15H,2-3,6H2,1H3,(H2,14,16). The number of hydrogen-bond acceptors (Lipinski definition) is 3. The van der Waals surface area contributed by atoms with Gasteiger partial charge >= 0.3 is 0 Å². The Morgan fingerprint density at radius 1 is 1.59 bits per heavy atom. The molecule has 0 saturated heterocycles. The van der Waals surface area contributed by atoms with Gasteiger partial charge in [-0.05, 0) is 30.0 Å². The molecule has 0 heterocycles. The highest BCUT2D eigenvalue weighted by Crippen LogP contribution is 2.40. The Labute approximate surface area is 100 Å². The van der Waals surface area contributed by atoms with E-state index in [1.165, 1.54) is 26.0 Å². The monoisotopic (exact) mass is 235 g/mol. The van der Waals surface area contributed by atoms with E-state index in [2.05, 4.69) is 0 Å². The van der Waals surface area contributed by atoms with Gasteiger partial charge in [0.1, 0.15) is 0 Å². The number of primary amides is 1. The van der Waals surface area contributed by atoms with Crippen LogP contribution >= 0.6 is 0 Å². The molecule has 1 aliphatic rings. The maximum Gasteiger partial charge on any atom is 0.224 e. The minimum atomic E-state index is -0.315. The largest absolute Gasteiger partial charge is 0.504 e. The number of carbonyl (C=O) groups is 1. The van der Waals surface area contributed by atoms with E-state index < -0.39 is 0 Å². The van der Waals surface area contributed by atoms with Crippen LogP contribution in [0.5, 0.6) is 11.5 Å². The molecule has 1 atom stereocenters. The third kappa shape index (κ3) is 2.70.